The molecule has 0 unspecified atom stereocenters. The molecule has 208 valence electrons. The maximum absolute atomic E-state index is 12.5. The molecule has 0 N–H and O–H groups in total. The molecule has 1 aliphatic rings. The first-order valence-corrected chi connectivity index (χ1v) is 13.7. The third-order valence-corrected chi connectivity index (χ3v) is 7.17. The SMILES string of the molecule is CC[C@@H](Oc1cc(-c2cnn(C3CCN(C(=O)OC(C)(C)C)CC3)c2C)cn2ncc(C#N)c12)c1ccccn1. The summed E-state index contributed by atoms with van der Waals surface area (Å²) in [6, 6.07) is 10.1. The van der Waals surface area contributed by atoms with E-state index in [1.165, 1.54) is 0 Å². The number of likely N-dealkylation sites (tertiary alicyclic amines) is 1. The first-order chi connectivity index (χ1) is 19.2. The zero-order chi connectivity index (χ0) is 28.4. The van der Waals surface area contributed by atoms with E-state index in [0.717, 1.165) is 35.4 Å². The zero-order valence-corrected chi connectivity index (χ0v) is 23.7. The van der Waals surface area contributed by atoms with Gasteiger partial charge < -0.3 is 14.4 Å². The Morgan fingerprint density at radius 2 is 1.98 bits per heavy atom. The van der Waals surface area contributed by atoms with Crippen LogP contribution in [0, 0.1) is 18.3 Å². The molecule has 0 spiro atoms. The number of nitriles is 1. The predicted molar refractivity (Wildman–Crippen MR) is 150 cm³/mol. The van der Waals surface area contributed by atoms with Gasteiger partial charge in [0.2, 0.25) is 0 Å². The molecule has 0 saturated carbocycles. The van der Waals surface area contributed by atoms with Crippen LogP contribution in [0.25, 0.3) is 16.6 Å². The van der Waals surface area contributed by atoms with Crippen molar-refractivity contribution >= 4 is 11.6 Å². The molecule has 1 amide bonds. The lowest BCUT2D eigenvalue weighted by Gasteiger charge is -2.33. The summed E-state index contributed by atoms with van der Waals surface area (Å²) in [7, 11) is 0. The molecule has 0 aromatic carbocycles. The van der Waals surface area contributed by atoms with Crippen molar-refractivity contribution in [1.82, 2.24) is 29.3 Å². The Hall–Kier alpha value is -4.39. The Bertz CT molecular complexity index is 1540. The van der Waals surface area contributed by atoms with Gasteiger partial charge in [-0.1, -0.05) is 13.0 Å². The summed E-state index contributed by atoms with van der Waals surface area (Å²) < 4.78 is 15.8. The summed E-state index contributed by atoms with van der Waals surface area (Å²) >= 11 is 0. The summed E-state index contributed by atoms with van der Waals surface area (Å²) in [6.07, 6.45) is 8.84. The van der Waals surface area contributed by atoms with Gasteiger partial charge in [0.05, 0.1) is 24.1 Å². The van der Waals surface area contributed by atoms with Crippen LogP contribution in [0.5, 0.6) is 5.75 Å². The largest absolute Gasteiger partial charge is 0.482 e. The van der Waals surface area contributed by atoms with Crippen LogP contribution in [0.2, 0.25) is 0 Å². The van der Waals surface area contributed by atoms with Crippen LogP contribution in [0.3, 0.4) is 0 Å². The highest BCUT2D eigenvalue weighted by molar-refractivity contribution is 5.76. The van der Waals surface area contributed by atoms with E-state index in [1.54, 1.807) is 21.8 Å². The predicted octanol–water partition coefficient (Wildman–Crippen LogP) is 5.88. The topological polar surface area (TPSA) is 111 Å². The third kappa shape index (κ3) is 5.50. The molecule has 1 saturated heterocycles. The second-order valence-electron chi connectivity index (χ2n) is 11.1. The van der Waals surface area contributed by atoms with Crippen molar-refractivity contribution in [2.24, 2.45) is 0 Å². The van der Waals surface area contributed by atoms with Crippen molar-refractivity contribution in [3.05, 3.63) is 66.0 Å². The smallest absolute Gasteiger partial charge is 0.410 e. The number of pyridine rings is 2. The summed E-state index contributed by atoms with van der Waals surface area (Å²) in [5, 5.41) is 18.9. The number of ether oxygens (including phenoxy) is 2. The van der Waals surface area contributed by atoms with Crippen LogP contribution in [0.1, 0.15) is 76.1 Å². The molecule has 40 heavy (non-hydrogen) atoms. The Kier molecular flexibility index (Phi) is 7.48. The van der Waals surface area contributed by atoms with Crippen LogP contribution in [-0.2, 0) is 4.74 Å². The Morgan fingerprint density at radius 1 is 1.20 bits per heavy atom. The lowest BCUT2D eigenvalue weighted by molar-refractivity contribution is 0.0184. The summed E-state index contributed by atoms with van der Waals surface area (Å²) in [5.74, 6) is 0.571. The van der Waals surface area contributed by atoms with Gasteiger partial charge in [-0.05, 0) is 65.2 Å². The van der Waals surface area contributed by atoms with Gasteiger partial charge in [-0.15, -0.1) is 0 Å². The monoisotopic (exact) mass is 541 g/mol. The molecular weight excluding hydrogens is 506 g/mol. The van der Waals surface area contributed by atoms with Gasteiger partial charge in [0.1, 0.15) is 34.6 Å². The van der Waals surface area contributed by atoms with Crippen LogP contribution >= 0.6 is 0 Å². The number of nitrogens with zero attached hydrogens (tertiary/aromatic N) is 7. The molecule has 10 nitrogen and oxygen atoms in total. The van der Waals surface area contributed by atoms with E-state index in [2.05, 4.69) is 27.8 Å². The highest BCUT2D eigenvalue weighted by Gasteiger charge is 2.29. The van der Waals surface area contributed by atoms with Crippen LogP contribution in [0.15, 0.2) is 49.1 Å². The number of carbonyl (C=O) groups is 1. The van der Waals surface area contributed by atoms with Crippen molar-refractivity contribution in [1.29, 1.82) is 5.26 Å². The molecule has 10 heteroatoms. The number of amides is 1. The Labute approximate surface area is 234 Å². The Balaban J connectivity index is 1.42. The van der Waals surface area contributed by atoms with Gasteiger partial charge in [0, 0.05) is 42.3 Å². The fraction of sp³-hybridized carbons (Fsp3) is 0.433. The number of carbonyl (C=O) groups excluding carboxylic acids is 1. The van der Waals surface area contributed by atoms with E-state index in [-0.39, 0.29) is 18.2 Å². The fourth-order valence-corrected chi connectivity index (χ4v) is 5.17. The van der Waals surface area contributed by atoms with Gasteiger partial charge in [-0.2, -0.15) is 15.5 Å². The first kappa shape index (κ1) is 27.2. The quantitative estimate of drug-likeness (QED) is 0.300. The number of aromatic nitrogens is 5. The van der Waals surface area contributed by atoms with Gasteiger partial charge in [0.25, 0.3) is 0 Å². The molecule has 4 aromatic rings. The standard InChI is InChI=1S/C30H35N7O3/c1-6-26(25-9-7-8-12-32-25)39-27-15-21(19-36-28(27)22(16-31)17-33-36)24-18-34-37(20(24)2)23-10-13-35(14-11-23)29(38)40-30(3,4)5/h7-9,12,15,17-19,23,26H,6,10-11,13-14H2,1-5H3/t26-/m1/s1. The van der Waals surface area contributed by atoms with E-state index >= 15 is 0 Å². The van der Waals surface area contributed by atoms with Crippen molar-refractivity contribution in [2.45, 2.75) is 71.6 Å². The summed E-state index contributed by atoms with van der Waals surface area (Å²) in [5.41, 5.74) is 4.25. The molecule has 0 aliphatic carbocycles. The minimum Gasteiger partial charge on any atom is -0.482 e. The van der Waals surface area contributed by atoms with E-state index in [0.29, 0.717) is 36.3 Å². The van der Waals surface area contributed by atoms with E-state index in [1.807, 2.05) is 64.4 Å². The molecule has 0 radical (unpaired) electrons. The highest BCUT2D eigenvalue weighted by Crippen LogP contribution is 2.36. The summed E-state index contributed by atoms with van der Waals surface area (Å²) in [6.45, 7) is 11.0. The highest BCUT2D eigenvalue weighted by atomic mass is 16.6. The van der Waals surface area contributed by atoms with Gasteiger partial charge in [0.15, 0.2) is 0 Å². The number of hydrogen-bond donors (Lipinski definition) is 0. The fourth-order valence-electron chi connectivity index (χ4n) is 5.17. The van der Waals surface area contributed by atoms with Crippen LogP contribution in [0.4, 0.5) is 4.79 Å². The maximum Gasteiger partial charge on any atom is 0.410 e. The van der Waals surface area contributed by atoms with Crippen molar-refractivity contribution in [3.8, 4) is 22.9 Å². The molecule has 1 fully saturated rings. The number of rotatable bonds is 6. The van der Waals surface area contributed by atoms with Crippen molar-refractivity contribution in [2.75, 3.05) is 13.1 Å². The molecule has 0 bridgehead atoms. The third-order valence-electron chi connectivity index (χ3n) is 7.17. The normalized spacial score (nSPS) is 15.2. The van der Waals surface area contributed by atoms with Crippen molar-refractivity contribution in [3.63, 3.8) is 0 Å². The Morgan fingerprint density at radius 3 is 2.62 bits per heavy atom. The number of piperidine rings is 1. The molecule has 1 aliphatic heterocycles. The molecule has 1 atom stereocenters. The first-order valence-electron chi connectivity index (χ1n) is 13.7. The molecule has 4 aromatic heterocycles. The van der Waals surface area contributed by atoms with Gasteiger partial charge in [-0.3, -0.25) is 9.67 Å². The molecule has 5 heterocycles. The number of fused-ring (bicyclic) bond motifs is 1. The van der Waals surface area contributed by atoms with Gasteiger partial charge >= 0.3 is 6.09 Å². The minimum atomic E-state index is -0.511. The second kappa shape index (κ2) is 11.0. The lowest BCUT2D eigenvalue weighted by Crippen LogP contribution is -2.42. The van der Waals surface area contributed by atoms with E-state index in [9.17, 15) is 10.1 Å². The van der Waals surface area contributed by atoms with E-state index < -0.39 is 5.60 Å². The average molecular weight is 542 g/mol. The number of hydrogen-bond acceptors (Lipinski definition) is 7. The summed E-state index contributed by atoms with van der Waals surface area (Å²) in [4.78, 5) is 18.8. The maximum atomic E-state index is 12.5. The average Bonchev–Trinajstić information content (AvgIpc) is 3.54. The van der Waals surface area contributed by atoms with E-state index in [4.69, 9.17) is 14.6 Å². The van der Waals surface area contributed by atoms with Crippen molar-refractivity contribution < 1.29 is 14.3 Å². The van der Waals surface area contributed by atoms with Crippen LogP contribution < -0.4 is 4.74 Å². The zero-order valence-electron chi connectivity index (χ0n) is 23.7. The molecule has 5 rings (SSSR count). The minimum absolute atomic E-state index is 0.176. The van der Waals surface area contributed by atoms with Gasteiger partial charge in [-0.25, -0.2) is 9.31 Å². The lowest BCUT2D eigenvalue weighted by atomic mass is 10.0. The second-order valence-corrected chi connectivity index (χ2v) is 11.1. The van der Waals surface area contributed by atoms with Crippen LogP contribution in [-0.4, -0.2) is 54.1 Å². The molecular formula is C30H35N7O3.